The van der Waals surface area contributed by atoms with Gasteiger partial charge in [0.1, 0.15) is 5.75 Å². The van der Waals surface area contributed by atoms with Gasteiger partial charge in [-0.3, -0.25) is 0 Å². The summed E-state index contributed by atoms with van der Waals surface area (Å²) in [5, 5.41) is 7.51. The van der Waals surface area contributed by atoms with E-state index in [0.29, 0.717) is 11.1 Å². The second-order valence-corrected chi connectivity index (χ2v) is 9.54. The zero-order chi connectivity index (χ0) is 22.8. The molecular formula is C27H27Cl2N3O. The Hall–Kier alpha value is -2.53. The number of methoxy groups -OCH3 is 1. The molecule has 1 N–H and O–H groups in total. The van der Waals surface area contributed by atoms with Crippen molar-refractivity contribution in [1.29, 1.82) is 0 Å². The Kier molecular flexibility index (Phi) is 6.59. The summed E-state index contributed by atoms with van der Waals surface area (Å²) in [5.41, 5.74) is 4.30. The standard InChI is InChI=1S/C27H27Cl2N3O/c1-33-22-7-9-25-24(17-22)27(23-8-6-20(29)16-26(23)31-25)30-21-11-14-32(15-12-21)13-10-18-2-4-19(28)5-3-18/h2-9,16-17,21H,10-15H2,1H3,(H,30,31). The molecule has 0 atom stereocenters. The summed E-state index contributed by atoms with van der Waals surface area (Å²) < 4.78 is 5.49. The van der Waals surface area contributed by atoms with Crippen LogP contribution in [0.25, 0.3) is 21.8 Å². The van der Waals surface area contributed by atoms with Crippen LogP contribution in [0.5, 0.6) is 5.75 Å². The van der Waals surface area contributed by atoms with Gasteiger partial charge in [0.15, 0.2) is 0 Å². The number of hydrogen-bond acceptors (Lipinski definition) is 4. The van der Waals surface area contributed by atoms with Crippen molar-refractivity contribution < 1.29 is 4.74 Å². The molecule has 170 valence electrons. The summed E-state index contributed by atoms with van der Waals surface area (Å²) in [6.45, 7) is 3.24. The number of likely N-dealkylation sites (tertiary alicyclic amines) is 1. The minimum Gasteiger partial charge on any atom is -0.497 e. The largest absolute Gasteiger partial charge is 0.497 e. The third-order valence-electron chi connectivity index (χ3n) is 6.51. The second kappa shape index (κ2) is 9.76. The van der Waals surface area contributed by atoms with Crippen LogP contribution in [0.1, 0.15) is 18.4 Å². The zero-order valence-corrected chi connectivity index (χ0v) is 20.2. The summed E-state index contributed by atoms with van der Waals surface area (Å²) >= 11 is 12.3. The topological polar surface area (TPSA) is 37.4 Å². The quantitative estimate of drug-likeness (QED) is 0.307. The monoisotopic (exact) mass is 479 g/mol. The van der Waals surface area contributed by atoms with Crippen molar-refractivity contribution in [3.8, 4) is 5.75 Å². The predicted octanol–water partition coefficient (Wildman–Crippen LogP) is 6.82. The van der Waals surface area contributed by atoms with Crippen LogP contribution in [0.3, 0.4) is 0 Å². The molecule has 0 aliphatic carbocycles. The number of piperidine rings is 1. The summed E-state index contributed by atoms with van der Waals surface area (Å²) in [5.74, 6) is 0.831. The van der Waals surface area contributed by atoms with Crippen LogP contribution in [0.15, 0.2) is 60.7 Å². The first-order valence-corrected chi connectivity index (χ1v) is 12.1. The van der Waals surface area contributed by atoms with E-state index in [1.54, 1.807) is 7.11 Å². The number of fused-ring (bicyclic) bond motifs is 2. The summed E-state index contributed by atoms with van der Waals surface area (Å²) in [7, 11) is 1.70. The number of anilines is 1. The van der Waals surface area contributed by atoms with Crippen LogP contribution in [0.4, 0.5) is 5.69 Å². The normalized spacial score (nSPS) is 15.2. The van der Waals surface area contributed by atoms with E-state index in [4.69, 9.17) is 32.9 Å². The molecule has 0 saturated carbocycles. The molecule has 33 heavy (non-hydrogen) atoms. The minimum atomic E-state index is 0.410. The van der Waals surface area contributed by atoms with E-state index < -0.39 is 0 Å². The van der Waals surface area contributed by atoms with Gasteiger partial charge in [-0.25, -0.2) is 4.98 Å². The molecule has 6 heteroatoms. The van der Waals surface area contributed by atoms with Crippen molar-refractivity contribution in [3.05, 3.63) is 76.3 Å². The van der Waals surface area contributed by atoms with Crippen molar-refractivity contribution in [2.45, 2.75) is 25.3 Å². The lowest BCUT2D eigenvalue weighted by atomic mass is 10.0. The Balaban J connectivity index is 1.32. The predicted molar refractivity (Wildman–Crippen MR) is 139 cm³/mol. The molecule has 5 rings (SSSR count). The number of nitrogens with one attached hydrogen (secondary N) is 1. The van der Waals surface area contributed by atoms with Crippen LogP contribution in [0.2, 0.25) is 10.0 Å². The summed E-state index contributed by atoms with van der Waals surface area (Å²) in [4.78, 5) is 7.40. The van der Waals surface area contributed by atoms with Gasteiger partial charge in [-0.1, -0.05) is 35.3 Å². The molecule has 2 heterocycles. The minimum absolute atomic E-state index is 0.410. The fourth-order valence-electron chi connectivity index (χ4n) is 4.62. The number of rotatable bonds is 6. The van der Waals surface area contributed by atoms with Gasteiger partial charge in [0.05, 0.1) is 23.8 Å². The van der Waals surface area contributed by atoms with Gasteiger partial charge in [-0.05, 0) is 73.4 Å². The summed E-state index contributed by atoms with van der Waals surface area (Å²) in [6.07, 6.45) is 3.25. The average Bonchev–Trinajstić information content (AvgIpc) is 2.84. The van der Waals surface area contributed by atoms with Crippen molar-refractivity contribution in [2.24, 2.45) is 0 Å². The zero-order valence-electron chi connectivity index (χ0n) is 18.7. The third-order valence-corrected chi connectivity index (χ3v) is 7.00. The number of nitrogens with zero attached hydrogens (tertiary/aromatic N) is 2. The number of pyridine rings is 1. The van der Waals surface area contributed by atoms with Crippen LogP contribution in [-0.2, 0) is 6.42 Å². The van der Waals surface area contributed by atoms with E-state index in [-0.39, 0.29) is 0 Å². The van der Waals surface area contributed by atoms with Crippen LogP contribution in [-0.4, -0.2) is 42.7 Å². The molecule has 0 bridgehead atoms. The number of hydrogen-bond donors (Lipinski definition) is 1. The first-order chi connectivity index (χ1) is 16.1. The van der Waals surface area contributed by atoms with Gasteiger partial charge >= 0.3 is 0 Å². The highest BCUT2D eigenvalue weighted by Crippen LogP contribution is 2.35. The fourth-order valence-corrected chi connectivity index (χ4v) is 4.91. The Morgan fingerprint density at radius 3 is 2.42 bits per heavy atom. The number of ether oxygens (including phenoxy) is 1. The van der Waals surface area contributed by atoms with E-state index in [2.05, 4.69) is 34.5 Å². The lowest BCUT2D eigenvalue weighted by Crippen LogP contribution is -2.40. The van der Waals surface area contributed by atoms with Crippen molar-refractivity contribution in [2.75, 3.05) is 32.1 Å². The lowest BCUT2D eigenvalue weighted by molar-refractivity contribution is 0.221. The van der Waals surface area contributed by atoms with Gasteiger partial charge in [0, 0.05) is 46.5 Å². The number of aromatic nitrogens is 1. The highest BCUT2D eigenvalue weighted by molar-refractivity contribution is 6.31. The van der Waals surface area contributed by atoms with Gasteiger partial charge in [0.2, 0.25) is 0 Å². The molecular weight excluding hydrogens is 453 g/mol. The molecule has 1 aliphatic heterocycles. The molecule has 0 spiro atoms. The SMILES string of the molecule is COc1ccc2nc3cc(Cl)ccc3c(NC3CCN(CCc4ccc(Cl)cc4)CC3)c2c1. The Morgan fingerprint density at radius 2 is 1.67 bits per heavy atom. The third kappa shape index (κ3) is 5.03. The molecule has 0 amide bonds. The van der Waals surface area contributed by atoms with Crippen LogP contribution < -0.4 is 10.1 Å². The van der Waals surface area contributed by atoms with Crippen LogP contribution in [0, 0.1) is 0 Å². The molecule has 4 aromatic rings. The molecule has 4 nitrogen and oxygen atoms in total. The van der Waals surface area contributed by atoms with E-state index in [0.717, 1.165) is 77.2 Å². The highest BCUT2D eigenvalue weighted by Gasteiger charge is 2.21. The highest BCUT2D eigenvalue weighted by atomic mass is 35.5. The van der Waals surface area contributed by atoms with Gasteiger partial charge in [0.25, 0.3) is 0 Å². The Labute approximate surface area is 204 Å². The van der Waals surface area contributed by atoms with Crippen LogP contribution >= 0.6 is 23.2 Å². The maximum atomic E-state index is 6.27. The lowest BCUT2D eigenvalue weighted by Gasteiger charge is -2.33. The fraction of sp³-hybridized carbons (Fsp3) is 0.296. The average molecular weight is 480 g/mol. The molecule has 1 saturated heterocycles. The molecule has 3 aromatic carbocycles. The van der Waals surface area contributed by atoms with Crippen molar-refractivity contribution in [1.82, 2.24) is 9.88 Å². The van der Waals surface area contributed by atoms with E-state index in [1.165, 1.54) is 5.56 Å². The maximum Gasteiger partial charge on any atom is 0.119 e. The van der Waals surface area contributed by atoms with Crippen molar-refractivity contribution >= 4 is 50.7 Å². The van der Waals surface area contributed by atoms with E-state index in [9.17, 15) is 0 Å². The molecule has 0 radical (unpaired) electrons. The maximum absolute atomic E-state index is 6.27. The molecule has 1 fully saturated rings. The Bertz CT molecular complexity index is 1270. The van der Waals surface area contributed by atoms with Gasteiger partial charge in [-0.15, -0.1) is 0 Å². The number of benzene rings is 3. The van der Waals surface area contributed by atoms with E-state index in [1.807, 2.05) is 36.4 Å². The summed E-state index contributed by atoms with van der Waals surface area (Å²) in [6, 6.07) is 20.6. The molecule has 1 aromatic heterocycles. The Morgan fingerprint density at radius 1 is 0.909 bits per heavy atom. The smallest absolute Gasteiger partial charge is 0.119 e. The first-order valence-electron chi connectivity index (χ1n) is 11.4. The van der Waals surface area contributed by atoms with Gasteiger partial charge in [-0.2, -0.15) is 0 Å². The van der Waals surface area contributed by atoms with Crippen molar-refractivity contribution in [3.63, 3.8) is 0 Å². The first kappa shape index (κ1) is 22.3. The van der Waals surface area contributed by atoms with Gasteiger partial charge < -0.3 is 15.0 Å². The molecule has 1 aliphatic rings. The van der Waals surface area contributed by atoms with E-state index >= 15 is 0 Å². The molecule has 0 unspecified atom stereocenters. The second-order valence-electron chi connectivity index (χ2n) is 8.67. The number of halogens is 2.